The fraction of sp³-hybridized carbons (Fsp3) is 0.308. The predicted octanol–water partition coefficient (Wildman–Crippen LogP) is 1.74. The Kier molecular flexibility index (Phi) is 2.19. The maximum atomic E-state index is 6.01. The number of benzene rings is 1. The number of nitrogens with two attached hydrogens (primary N) is 1. The minimum Gasteiger partial charge on any atom is -0.384 e. The van der Waals surface area contributed by atoms with Crippen molar-refractivity contribution in [2.24, 2.45) is 0 Å². The molecule has 0 aliphatic carbocycles. The van der Waals surface area contributed by atoms with Crippen molar-refractivity contribution in [2.75, 3.05) is 18.9 Å². The molecular weight excluding hydrogens is 214 g/mol. The Morgan fingerprint density at radius 3 is 2.59 bits per heavy atom. The number of aromatic nitrogens is 2. The van der Waals surface area contributed by atoms with E-state index in [-0.39, 0.29) is 5.41 Å². The Morgan fingerprint density at radius 1 is 1.29 bits per heavy atom. The molecular formula is C13H15N3O. The lowest BCUT2D eigenvalue weighted by atomic mass is 9.85. The summed E-state index contributed by atoms with van der Waals surface area (Å²) >= 11 is 0. The van der Waals surface area contributed by atoms with Crippen molar-refractivity contribution in [3.05, 3.63) is 42.1 Å². The largest absolute Gasteiger partial charge is 0.384 e. The fourth-order valence-electron chi connectivity index (χ4n) is 2.02. The number of nitrogen functional groups attached to an aromatic ring is 1. The van der Waals surface area contributed by atoms with Crippen LogP contribution in [0.5, 0.6) is 0 Å². The SMILES string of the molecule is CC1(c2cc(N)n(-c3ccccc3)n2)COC1. The second-order valence-corrected chi connectivity index (χ2v) is 4.76. The van der Waals surface area contributed by atoms with Crippen LogP contribution in [0.3, 0.4) is 0 Å². The van der Waals surface area contributed by atoms with Crippen molar-refractivity contribution in [2.45, 2.75) is 12.3 Å². The van der Waals surface area contributed by atoms with Crippen LogP contribution < -0.4 is 5.73 Å². The highest BCUT2D eigenvalue weighted by atomic mass is 16.5. The minimum atomic E-state index is 0.0220. The molecule has 88 valence electrons. The highest BCUT2D eigenvalue weighted by Crippen LogP contribution is 2.32. The third-order valence-corrected chi connectivity index (χ3v) is 3.20. The van der Waals surface area contributed by atoms with Crippen LogP contribution in [0.4, 0.5) is 5.82 Å². The monoisotopic (exact) mass is 229 g/mol. The molecule has 0 amide bonds. The Labute approximate surface area is 100 Å². The molecule has 1 aliphatic rings. The van der Waals surface area contributed by atoms with Gasteiger partial charge in [-0.1, -0.05) is 18.2 Å². The topological polar surface area (TPSA) is 53.1 Å². The molecule has 3 rings (SSSR count). The summed E-state index contributed by atoms with van der Waals surface area (Å²) in [5, 5.41) is 4.59. The van der Waals surface area contributed by atoms with E-state index in [0.29, 0.717) is 5.82 Å². The van der Waals surface area contributed by atoms with Crippen molar-refractivity contribution < 1.29 is 4.74 Å². The van der Waals surface area contributed by atoms with Crippen LogP contribution in [0.1, 0.15) is 12.6 Å². The quantitative estimate of drug-likeness (QED) is 0.853. The maximum Gasteiger partial charge on any atom is 0.127 e. The molecule has 0 saturated carbocycles. The predicted molar refractivity (Wildman–Crippen MR) is 66.1 cm³/mol. The summed E-state index contributed by atoms with van der Waals surface area (Å²) in [5.41, 5.74) is 8.02. The van der Waals surface area contributed by atoms with Crippen LogP contribution in [0.15, 0.2) is 36.4 Å². The number of para-hydroxylation sites is 1. The Hall–Kier alpha value is -1.81. The van der Waals surface area contributed by atoms with E-state index in [1.54, 1.807) is 4.68 Å². The van der Waals surface area contributed by atoms with Crippen molar-refractivity contribution in [1.82, 2.24) is 9.78 Å². The van der Waals surface area contributed by atoms with E-state index < -0.39 is 0 Å². The number of hydrogen-bond acceptors (Lipinski definition) is 3. The molecule has 4 nitrogen and oxygen atoms in total. The number of nitrogens with zero attached hydrogens (tertiary/aromatic N) is 2. The first-order valence-corrected chi connectivity index (χ1v) is 5.68. The van der Waals surface area contributed by atoms with Crippen molar-refractivity contribution in [1.29, 1.82) is 0 Å². The van der Waals surface area contributed by atoms with E-state index in [9.17, 15) is 0 Å². The highest BCUT2D eigenvalue weighted by Gasteiger charge is 2.38. The van der Waals surface area contributed by atoms with Gasteiger partial charge in [-0.25, -0.2) is 4.68 Å². The second kappa shape index (κ2) is 3.60. The number of anilines is 1. The van der Waals surface area contributed by atoms with Gasteiger partial charge in [-0.2, -0.15) is 5.10 Å². The van der Waals surface area contributed by atoms with E-state index in [4.69, 9.17) is 10.5 Å². The number of rotatable bonds is 2. The van der Waals surface area contributed by atoms with Gasteiger partial charge in [-0.15, -0.1) is 0 Å². The van der Waals surface area contributed by atoms with E-state index in [1.165, 1.54) is 0 Å². The zero-order chi connectivity index (χ0) is 11.9. The third-order valence-electron chi connectivity index (χ3n) is 3.20. The highest BCUT2D eigenvalue weighted by molar-refractivity contribution is 5.44. The lowest BCUT2D eigenvalue weighted by Gasteiger charge is -2.36. The van der Waals surface area contributed by atoms with Crippen LogP contribution >= 0.6 is 0 Å². The van der Waals surface area contributed by atoms with Gasteiger partial charge in [0.1, 0.15) is 5.82 Å². The first kappa shape index (κ1) is 10.4. The molecule has 4 heteroatoms. The molecule has 17 heavy (non-hydrogen) atoms. The van der Waals surface area contributed by atoms with Gasteiger partial charge in [0.15, 0.2) is 0 Å². The van der Waals surface area contributed by atoms with Gasteiger partial charge in [-0.3, -0.25) is 0 Å². The lowest BCUT2D eigenvalue weighted by Crippen LogP contribution is -2.44. The molecule has 1 saturated heterocycles. The summed E-state index contributed by atoms with van der Waals surface area (Å²) in [7, 11) is 0. The Morgan fingerprint density at radius 2 is 2.00 bits per heavy atom. The first-order chi connectivity index (χ1) is 8.19. The Bertz CT molecular complexity index is 529. The van der Waals surface area contributed by atoms with Gasteiger partial charge in [-0.05, 0) is 19.1 Å². The summed E-state index contributed by atoms with van der Waals surface area (Å²) < 4.78 is 7.03. The van der Waals surface area contributed by atoms with E-state index in [2.05, 4.69) is 12.0 Å². The average molecular weight is 229 g/mol. The van der Waals surface area contributed by atoms with Crippen LogP contribution in [0.2, 0.25) is 0 Å². The standard InChI is InChI=1S/C13H15N3O/c1-13(8-17-9-13)11-7-12(14)16(15-11)10-5-3-2-4-6-10/h2-7H,8-9,14H2,1H3. The molecule has 0 unspecified atom stereocenters. The molecule has 0 bridgehead atoms. The van der Waals surface area contributed by atoms with Crippen molar-refractivity contribution >= 4 is 5.82 Å². The maximum absolute atomic E-state index is 6.01. The van der Waals surface area contributed by atoms with Gasteiger partial charge in [0.2, 0.25) is 0 Å². The van der Waals surface area contributed by atoms with E-state index in [0.717, 1.165) is 24.6 Å². The van der Waals surface area contributed by atoms with Gasteiger partial charge >= 0.3 is 0 Å². The molecule has 1 aromatic carbocycles. The van der Waals surface area contributed by atoms with Gasteiger partial charge < -0.3 is 10.5 Å². The van der Waals surface area contributed by atoms with Crippen LogP contribution in [0.25, 0.3) is 5.69 Å². The lowest BCUT2D eigenvalue weighted by molar-refractivity contribution is -0.0522. The molecule has 1 aliphatic heterocycles. The molecule has 2 heterocycles. The fourth-order valence-corrected chi connectivity index (χ4v) is 2.02. The van der Waals surface area contributed by atoms with Gasteiger partial charge in [0, 0.05) is 6.07 Å². The number of ether oxygens (including phenoxy) is 1. The molecule has 1 aromatic heterocycles. The number of hydrogen-bond donors (Lipinski definition) is 1. The van der Waals surface area contributed by atoms with Gasteiger partial charge in [0.05, 0.1) is 30.0 Å². The molecule has 2 N–H and O–H groups in total. The van der Waals surface area contributed by atoms with Gasteiger partial charge in [0.25, 0.3) is 0 Å². The molecule has 0 spiro atoms. The molecule has 0 radical (unpaired) electrons. The first-order valence-electron chi connectivity index (χ1n) is 5.68. The molecule has 2 aromatic rings. The minimum absolute atomic E-state index is 0.0220. The zero-order valence-corrected chi connectivity index (χ0v) is 9.76. The third kappa shape index (κ3) is 1.61. The van der Waals surface area contributed by atoms with Crippen LogP contribution in [-0.2, 0) is 10.2 Å². The molecule has 1 fully saturated rings. The van der Waals surface area contributed by atoms with Crippen LogP contribution in [0, 0.1) is 0 Å². The summed E-state index contributed by atoms with van der Waals surface area (Å²) in [5.74, 6) is 0.666. The average Bonchev–Trinajstić information content (AvgIpc) is 2.70. The van der Waals surface area contributed by atoms with E-state index in [1.807, 2.05) is 36.4 Å². The van der Waals surface area contributed by atoms with Crippen LogP contribution in [-0.4, -0.2) is 23.0 Å². The smallest absolute Gasteiger partial charge is 0.127 e. The summed E-state index contributed by atoms with van der Waals surface area (Å²) in [4.78, 5) is 0. The van der Waals surface area contributed by atoms with E-state index >= 15 is 0 Å². The van der Waals surface area contributed by atoms with Crippen molar-refractivity contribution in [3.63, 3.8) is 0 Å². The second-order valence-electron chi connectivity index (χ2n) is 4.76. The Balaban J connectivity index is 2.02. The molecule has 0 atom stereocenters. The summed E-state index contributed by atoms with van der Waals surface area (Å²) in [6.45, 7) is 3.59. The summed E-state index contributed by atoms with van der Waals surface area (Å²) in [6.07, 6.45) is 0. The zero-order valence-electron chi connectivity index (χ0n) is 9.76. The van der Waals surface area contributed by atoms with Crippen molar-refractivity contribution in [3.8, 4) is 5.69 Å². The summed E-state index contributed by atoms with van der Waals surface area (Å²) in [6, 6.07) is 11.9. The normalized spacial score (nSPS) is 17.7.